The number of fused-ring (bicyclic) bond motifs is 1. The molecule has 0 aliphatic carbocycles. The van der Waals surface area contributed by atoms with E-state index in [1.807, 2.05) is 23.6 Å². The molecule has 1 aromatic carbocycles. The van der Waals surface area contributed by atoms with Crippen LogP contribution in [0.1, 0.15) is 32.2 Å². The van der Waals surface area contributed by atoms with E-state index in [1.54, 1.807) is 0 Å². The van der Waals surface area contributed by atoms with Crippen LogP contribution in [0.3, 0.4) is 0 Å². The molecule has 0 unspecified atom stereocenters. The molecule has 0 saturated carbocycles. The van der Waals surface area contributed by atoms with E-state index in [-0.39, 0.29) is 11.0 Å². The Morgan fingerprint density at radius 3 is 2.64 bits per heavy atom. The van der Waals surface area contributed by atoms with Crippen LogP contribution in [-0.2, 0) is 11.2 Å². The molecule has 0 radical (unpaired) electrons. The number of thiophene rings is 1. The minimum atomic E-state index is -0.121. The van der Waals surface area contributed by atoms with Gasteiger partial charge in [-0.3, -0.25) is 4.79 Å². The Kier molecular flexibility index (Phi) is 4.72. The maximum atomic E-state index is 12.1. The van der Waals surface area contributed by atoms with E-state index < -0.39 is 0 Å². The third-order valence-electron chi connectivity index (χ3n) is 4.38. The number of H-pyrrole nitrogens is 1. The van der Waals surface area contributed by atoms with Gasteiger partial charge in [0.2, 0.25) is 5.16 Å². The summed E-state index contributed by atoms with van der Waals surface area (Å²) in [6, 6.07) is 10.0. The summed E-state index contributed by atoms with van der Waals surface area (Å²) < 4.78 is 2.11. The number of nitrogens with one attached hydrogen (secondary N) is 1. The Balaban J connectivity index is 1.54. The molecule has 3 N–H and O–H groups in total. The quantitative estimate of drug-likeness (QED) is 0.393. The highest BCUT2D eigenvalue weighted by molar-refractivity contribution is 7.98. The molecule has 0 fully saturated rings. The summed E-state index contributed by atoms with van der Waals surface area (Å²) in [5, 5.41) is 10.8. The first kappa shape index (κ1) is 18.7. The van der Waals surface area contributed by atoms with E-state index in [0.717, 1.165) is 5.56 Å². The first-order chi connectivity index (χ1) is 13.3. The molecule has 28 heavy (non-hydrogen) atoms. The SMILES string of the molecule is CC(C)(C)c1ccc(-c2nnc(SCc3nc4ccsc4c(=O)[nH]3)n2N)cc1. The van der Waals surface area contributed by atoms with Crippen LogP contribution in [0, 0.1) is 0 Å². The normalized spacial score (nSPS) is 12.0. The van der Waals surface area contributed by atoms with Gasteiger partial charge in [-0.2, -0.15) is 0 Å². The molecule has 9 heteroatoms. The molecular weight excluding hydrogens is 392 g/mol. The number of nitrogens with zero attached hydrogens (tertiary/aromatic N) is 4. The highest BCUT2D eigenvalue weighted by atomic mass is 32.2. The lowest BCUT2D eigenvalue weighted by Gasteiger charge is -2.19. The largest absolute Gasteiger partial charge is 0.335 e. The Labute approximate surface area is 170 Å². The van der Waals surface area contributed by atoms with Gasteiger partial charge >= 0.3 is 0 Å². The van der Waals surface area contributed by atoms with Crippen LogP contribution in [0.15, 0.2) is 45.7 Å². The zero-order valence-electron chi connectivity index (χ0n) is 15.8. The number of nitrogen functional groups attached to an aromatic ring is 1. The third kappa shape index (κ3) is 3.55. The van der Waals surface area contributed by atoms with Crippen LogP contribution in [0.25, 0.3) is 21.6 Å². The van der Waals surface area contributed by atoms with Crippen LogP contribution in [0.5, 0.6) is 0 Å². The number of benzene rings is 1. The third-order valence-corrected chi connectivity index (χ3v) is 6.23. The van der Waals surface area contributed by atoms with Crippen LogP contribution < -0.4 is 11.4 Å². The Morgan fingerprint density at radius 2 is 1.93 bits per heavy atom. The molecule has 0 saturated heterocycles. The van der Waals surface area contributed by atoms with E-state index in [9.17, 15) is 4.79 Å². The molecule has 0 amide bonds. The second-order valence-electron chi connectivity index (χ2n) is 7.44. The van der Waals surface area contributed by atoms with Gasteiger partial charge in [-0.1, -0.05) is 56.8 Å². The molecule has 3 aromatic heterocycles. The van der Waals surface area contributed by atoms with Crippen molar-refractivity contribution in [2.45, 2.75) is 37.1 Å². The zero-order valence-corrected chi connectivity index (χ0v) is 17.4. The van der Waals surface area contributed by atoms with Crippen LogP contribution in [0.4, 0.5) is 0 Å². The summed E-state index contributed by atoms with van der Waals surface area (Å²) in [6.07, 6.45) is 0. The van der Waals surface area contributed by atoms with Crippen molar-refractivity contribution in [3.8, 4) is 11.4 Å². The maximum absolute atomic E-state index is 12.1. The summed E-state index contributed by atoms with van der Waals surface area (Å²) in [5.74, 6) is 7.83. The molecule has 4 aromatic rings. The maximum Gasteiger partial charge on any atom is 0.268 e. The summed E-state index contributed by atoms with van der Waals surface area (Å²) in [4.78, 5) is 19.4. The molecule has 3 heterocycles. The standard InChI is InChI=1S/C19H20N6OS2/c1-19(2,3)12-6-4-11(5-7-12)16-23-24-18(25(16)20)28-10-14-21-13-8-9-27-15(13)17(26)22-14/h4-9H,10,20H2,1-3H3,(H,21,22,26). The summed E-state index contributed by atoms with van der Waals surface area (Å²) >= 11 is 2.76. The minimum Gasteiger partial charge on any atom is -0.335 e. The lowest BCUT2D eigenvalue weighted by molar-refractivity contribution is 0.590. The van der Waals surface area contributed by atoms with Crippen molar-refractivity contribution in [2.75, 3.05) is 5.84 Å². The Bertz CT molecular complexity index is 1180. The van der Waals surface area contributed by atoms with Gasteiger partial charge in [0.15, 0.2) is 5.82 Å². The van der Waals surface area contributed by atoms with Gasteiger partial charge in [-0.15, -0.1) is 21.5 Å². The minimum absolute atomic E-state index is 0.0867. The second kappa shape index (κ2) is 7.06. The van der Waals surface area contributed by atoms with Crippen molar-refractivity contribution in [1.82, 2.24) is 24.8 Å². The number of thioether (sulfide) groups is 1. The van der Waals surface area contributed by atoms with Crippen molar-refractivity contribution in [1.29, 1.82) is 0 Å². The average Bonchev–Trinajstić information content (AvgIpc) is 3.26. The molecule has 0 spiro atoms. The first-order valence-electron chi connectivity index (χ1n) is 8.73. The summed E-state index contributed by atoms with van der Waals surface area (Å²) in [6.45, 7) is 6.52. The van der Waals surface area contributed by atoms with Gasteiger partial charge in [0.1, 0.15) is 10.5 Å². The van der Waals surface area contributed by atoms with Crippen molar-refractivity contribution >= 4 is 33.3 Å². The van der Waals surface area contributed by atoms with E-state index in [2.05, 4.69) is 53.1 Å². The summed E-state index contributed by atoms with van der Waals surface area (Å²) in [5.41, 5.74) is 2.82. The number of rotatable bonds is 4. The lowest BCUT2D eigenvalue weighted by Crippen LogP contribution is -2.13. The van der Waals surface area contributed by atoms with Crippen molar-refractivity contribution in [3.05, 3.63) is 57.5 Å². The summed E-state index contributed by atoms with van der Waals surface area (Å²) in [7, 11) is 0. The number of nitrogens with two attached hydrogens (primary N) is 1. The molecule has 0 aliphatic heterocycles. The fraction of sp³-hybridized carbons (Fsp3) is 0.263. The monoisotopic (exact) mass is 412 g/mol. The topological polar surface area (TPSA) is 102 Å². The molecule has 4 rings (SSSR count). The zero-order chi connectivity index (χ0) is 19.9. The van der Waals surface area contributed by atoms with Gasteiger partial charge in [-0.25, -0.2) is 9.66 Å². The van der Waals surface area contributed by atoms with Crippen LogP contribution in [0.2, 0.25) is 0 Å². The molecule has 7 nitrogen and oxygen atoms in total. The van der Waals surface area contributed by atoms with Gasteiger partial charge in [0.25, 0.3) is 5.56 Å². The highest BCUT2D eigenvalue weighted by Crippen LogP contribution is 2.27. The fourth-order valence-electron chi connectivity index (χ4n) is 2.81. The number of hydrogen-bond acceptors (Lipinski definition) is 7. The Hall–Kier alpha value is -2.65. The van der Waals surface area contributed by atoms with Crippen LogP contribution in [-0.4, -0.2) is 24.8 Å². The number of aromatic nitrogens is 5. The molecule has 0 bridgehead atoms. The van der Waals surface area contributed by atoms with E-state index in [1.165, 1.54) is 33.3 Å². The van der Waals surface area contributed by atoms with Crippen molar-refractivity contribution in [3.63, 3.8) is 0 Å². The fourth-order valence-corrected chi connectivity index (χ4v) is 4.27. The smallest absolute Gasteiger partial charge is 0.268 e. The van der Waals surface area contributed by atoms with Gasteiger partial charge in [0, 0.05) is 5.56 Å². The number of hydrogen-bond donors (Lipinski definition) is 2. The predicted octanol–water partition coefficient (Wildman–Crippen LogP) is 3.55. The van der Waals surface area contributed by atoms with E-state index >= 15 is 0 Å². The van der Waals surface area contributed by atoms with E-state index in [4.69, 9.17) is 5.84 Å². The van der Waals surface area contributed by atoms with Crippen LogP contribution >= 0.6 is 23.1 Å². The highest BCUT2D eigenvalue weighted by Gasteiger charge is 2.16. The van der Waals surface area contributed by atoms with Crippen molar-refractivity contribution in [2.24, 2.45) is 0 Å². The van der Waals surface area contributed by atoms with Gasteiger partial charge in [-0.05, 0) is 22.4 Å². The first-order valence-corrected chi connectivity index (χ1v) is 10.6. The Morgan fingerprint density at radius 1 is 1.18 bits per heavy atom. The average molecular weight is 413 g/mol. The van der Waals surface area contributed by atoms with Crippen molar-refractivity contribution < 1.29 is 0 Å². The van der Waals surface area contributed by atoms with E-state index in [0.29, 0.717) is 32.8 Å². The molecule has 144 valence electrons. The number of aromatic amines is 1. The lowest BCUT2D eigenvalue weighted by atomic mass is 9.87. The molecule has 0 atom stereocenters. The molecule has 0 aliphatic rings. The van der Waals surface area contributed by atoms with Gasteiger partial charge < -0.3 is 10.8 Å². The second-order valence-corrected chi connectivity index (χ2v) is 9.30. The molecular formula is C19H20N6OS2. The van der Waals surface area contributed by atoms with Gasteiger partial charge in [0.05, 0.1) is 11.3 Å². The predicted molar refractivity (Wildman–Crippen MR) is 114 cm³/mol.